The summed E-state index contributed by atoms with van der Waals surface area (Å²) in [6, 6.07) is 10.7. The SMILES string of the molecule is CCOC(=O)[C@H](C)N1C(=O)S/C(=C/c2cc(I)c(OCc3ccc(C)cc3)c(OC)c2)C1=O. The summed E-state index contributed by atoms with van der Waals surface area (Å²) in [5.74, 6) is -0.0363. The number of carbonyl (C=O) groups excluding carboxylic acids is 3. The molecule has 0 bridgehead atoms. The molecule has 33 heavy (non-hydrogen) atoms. The summed E-state index contributed by atoms with van der Waals surface area (Å²) in [6.07, 6.45) is 1.61. The van der Waals surface area contributed by atoms with Crippen molar-refractivity contribution >= 4 is 57.5 Å². The van der Waals surface area contributed by atoms with E-state index in [4.69, 9.17) is 14.2 Å². The van der Waals surface area contributed by atoms with Crippen molar-refractivity contribution in [1.29, 1.82) is 0 Å². The minimum absolute atomic E-state index is 0.172. The van der Waals surface area contributed by atoms with Crippen LogP contribution in [0.3, 0.4) is 0 Å². The number of thioether (sulfide) groups is 1. The van der Waals surface area contributed by atoms with Gasteiger partial charge in [-0.3, -0.25) is 14.5 Å². The Morgan fingerprint density at radius 2 is 1.91 bits per heavy atom. The predicted octanol–water partition coefficient (Wildman–Crippen LogP) is 5.18. The lowest BCUT2D eigenvalue weighted by Crippen LogP contribution is -2.42. The zero-order chi connectivity index (χ0) is 24.1. The fraction of sp³-hybridized carbons (Fsp3) is 0.292. The molecule has 1 atom stereocenters. The van der Waals surface area contributed by atoms with Gasteiger partial charge in [-0.15, -0.1) is 0 Å². The van der Waals surface area contributed by atoms with Crippen molar-refractivity contribution in [2.75, 3.05) is 13.7 Å². The van der Waals surface area contributed by atoms with Crippen molar-refractivity contribution in [1.82, 2.24) is 4.90 Å². The van der Waals surface area contributed by atoms with Gasteiger partial charge in [0.1, 0.15) is 12.6 Å². The lowest BCUT2D eigenvalue weighted by Gasteiger charge is -2.19. The lowest BCUT2D eigenvalue weighted by molar-refractivity contribution is -0.150. The van der Waals surface area contributed by atoms with Crippen molar-refractivity contribution < 1.29 is 28.6 Å². The van der Waals surface area contributed by atoms with Crippen LogP contribution in [-0.2, 0) is 20.9 Å². The first-order chi connectivity index (χ1) is 15.7. The quantitative estimate of drug-likeness (QED) is 0.242. The highest BCUT2D eigenvalue weighted by Gasteiger charge is 2.41. The van der Waals surface area contributed by atoms with Crippen molar-refractivity contribution in [3.63, 3.8) is 0 Å². The second kappa shape index (κ2) is 11.1. The smallest absolute Gasteiger partial charge is 0.329 e. The lowest BCUT2D eigenvalue weighted by atomic mass is 10.1. The number of hydrogen-bond acceptors (Lipinski definition) is 7. The number of carbonyl (C=O) groups is 3. The molecule has 1 aliphatic rings. The van der Waals surface area contributed by atoms with Crippen molar-refractivity contribution in [3.8, 4) is 11.5 Å². The molecule has 7 nitrogen and oxygen atoms in total. The monoisotopic (exact) mass is 581 g/mol. The molecule has 2 aromatic rings. The van der Waals surface area contributed by atoms with Gasteiger partial charge < -0.3 is 14.2 Å². The van der Waals surface area contributed by atoms with Gasteiger partial charge in [0.05, 0.1) is 22.2 Å². The Morgan fingerprint density at radius 3 is 2.55 bits per heavy atom. The van der Waals surface area contributed by atoms with Gasteiger partial charge in [0.15, 0.2) is 11.5 Å². The summed E-state index contributed by atoms with van der Waals surface area (Å²) in [5.41, 5.74) is 2.89. The second-order valence-electron chi connectivity index (χ2n) is 7.29. The molecule has 1 fully saturated rings. The van der Waals surface area contributed by atoms with Crippen molar-refractivity contribution in [2.24, 2.45) is 0 Å². The van der Waals surface area contributed by atoms with Crippen LogP contribution in [0.4, 0.5) is 4.79 Å². The molecule has 2 amide bonds. The number of ether oxygens (including phenoxy) is 3. The topological polar surface area (TPSA) is 82.1 Å². The van der Waals surface area contributed by atoms with Gasteiger partial charge in [-0.1, -0.05) is 29.8 Å². The molecule has 9 heteroatoms. The van der Waals surface area contributed by atoms with Gasteiger partial charge in [0.25, 0.3) is 11.1 Å². The van der Waals surface area contributed by atoms with Gasteiger partial charge in [-0.2, -0.15) is 0 Å². The van der Waals surface area contributed by atoms with Crippen molar-refractivity contribution in [2.45, 2.75) is 33.4 Å². The standard InChI is InChI=1S/C24H24INO6S/c1-5-31-23(28)15(3)26-22(27)20(33-24(26)29)12-17-10-18(25)21(19(11-17)30-4)32-13-16-8-6-14(2)7-9-16/h6-12,15H,5,13H2,1-4H3/b20-12+/t15-/m0/s1. The number of hydrogen-bond donors (Lipinski definition) is 0. The summed E-state index contributed by atoms with van der Waals surface area (Å²) in [6.45, 7) is 5.73. The molecule has 1 heterocycles. The van der Waals surface area contributed by atoms with E-state index in [0.717, 1.165) is 25.8 Å². The molecule has 0 spiro atoms. The van der Waals surface area contributed by atoms with E-state index in [1.807, 2.05) is 37.3 Å². The van der Waals surface area contributed by atoms with Crippen LogP contribution in [0.5, 0.6) is 11.5 Å². The average Bonchev–Trinajstić information content (AvgIpc) is 3.06. The van der Waals surface area contributed by atoms with E-state index in [2.05, 4.69) is 22.6 Å². The maximum Gasteiger partial charge on any atom is 0.329 e. The van der Waals surface area contributed by atoms with E-state index in [1.165, 1.54) is 12.5 Å². The molecule has 2 aromatic carbocycles. The zero-order valence-corrected chi connectivity index (χ0v) is 21.7. The number of nitrogens with zero attached hydrogens (tertiary/aromatic N) is 1. The highest BCUT2D eigenvalue weighted by atomic mass is 127. The predicted molar refractivity (Wildman–Crippen MR) is 135 cm³/mol. The summed E-state index contributed by atoms with van der Waals surface area (Å²) >= 11 is 2.94. The number of halogens is 1. The number of amides is 2. The zero-order valence-electron chi connectivity index (χ0n) is 18.7. The van der Waals surface area contributed by atoms with E-state index in [1.54, 1.807) is 26.2 Å². The molecule has 174 valence electrons. The highest BCUT2D eigenvalue weighted by Crippen LogP contribution is 2.38. The third-order valence-corrected chi connectivity index (χ3v) is 6.58. The summed E-state index contributed by atoms with van der Waals surface area (Å²) in [4.78, 5) is 38.4. The van der Waals surface area contributed by atoms with Crippen LogP contribution in [0.1, 0.15) is 30.5 Å². The van der Waals surface area contributed by atoms with Crippen LogP contribution in [0.15, 0.2) is 41.3 Å². The van der Waals surface area contributed by atoms with Crippen LogP contribution in [-0.4, -0.2) is 41.8 Å². The molecule has 0 aromatic heterocycles. The molecule has 0 N–H and O–H groups in total. The molecule has 0 radical (unpaired) electrons. The van der Waals surface area contributed by atoms with E-state index >= 15 is 0 Å². The van der Waals surface area contributed by atoms with Crippen LogP contribution in [0.2, 0.25) is 0 Å². The van der Waals surface area contributed by atoms with Crippen molar-refractivity contribution in [3.05, 3.63) is 61.6 Å². The first-order valence-corrected chi connectivity index (χ1v) is 12.1. The Balaban J connectivity index is 1.81. The van der Waals surface area contributed by atoms with Gasteiger partial charge in [0.2, 0.25) is 0 Å². The number of aryl methyl sites for hydroxylation is 1. The third-order valence-electron chi connectivity index (χ3n) is 4.89. The maximum absolute atomic E-state index is 12.8. The molecule has 0 saturated carbocycles. The van der Waals surface area contributed by atoms with Gasteiger partial charge in [-0.25, -0.2) is 4.79 Å². The fourth-order valence-electron chi connectivity index (χ4n) is 3.14. The van der Waals surface area contributed by atoms with Crippen LogP contribution < -0.4 is 9.47 Å². The molecule has 1 aliphatic heterocycles. The number of rotatable bonds is 8. The van der Waals surface area contributed by atoms with E-state index in [0.29, 0.717) is 23.7 Å². The fourth-order valence-corrected chi connectivity index (χ4v) is 4.83. The number of esters is 1. The molecular formula is C24H24INO6S. The Labute approximate surface area is 210 Å². The van der Waals surface area contributed by atoms with Gasteiger partial charge in [0, 0.05) is 0 Å². The minimum atomic E-state index is -0.990. The Kier molecular flexibility index (Phi) is 8.41. The first-order valence-electron chi connectivity index (χ1n) is 10.2. The molecule has 1 saturated heterocycles. The van der Waals surface area contributed by atoms with E-state index < -0.39 is 23.2 Å². The maximum atomic E-state index is 12.8. The number of imide groups is 1. The van der Waals surface area contributed by atoms with Crippen LogP contribution in [0.25, 0.3) is 6.08 Å². The summed E-state index contributed by atoms with van der Waals surface area (Å²) in [5, 5.41) is -0.508. The number of methoxy groups -OCH3 is 1. The van der Waals surface area contributed by atoms with Gasteiger partial charge in [-0.05, 0) is 84.5 Å². The Morgan fingerprint density at radius 1 is 1.21 bits per heavy atom. The third kappa shape index (κ3) is 5.89. The molecule has 3 rings (SSSR count). The normalized spacial score (nSPS) is 15.7. The van der Waals surface area contributed by atoms with Crippen LogP contribution in [0, 0.1) is 10.5 Å². The summed E-state index contributed by atoms with van der Waals surface area (Å²) in [7, 11) is 1.54. The minimum Gasteiger partial charge on any atom is -0.493 e. The van der Waals surface area contributed by atoms with Gasteiger partial charge >= 0.3 is 5.97 Å². The second-order valence-corrected chi connectivity index (χ2v) is 9.44. The van der Waals surface area contributed by atoms with E-state index in [9.17, 15) is 14.4 Å². The van der Waals surface area contributed by atoms with E-state index in [-0.39, 0.29) is 11.5 Å². The molecule has 0 unspecified atom stereocenters. The Bertz CT molecular complexity index is 1100. The number of benzene rings is 2. The Hall–Kier alpha value is -2.53. The molecule has 0 aliphatic carbocycles. The first kappa shape index (κ1) is 25.1. The van der Waals surface area contributed by atoms with Crippen LogP contribution >= 0.6 is 34.4 Å². The molecular weight excluding hydrogens is 557 g/mol. The average molecular weight is 581 g/mol. The summed E-state index contributed by atoms with van der Waals surface area (Å²) < 4.78 is 17.3. The largest absolute Gasteiger partial charge is 0.493 e. The highest BCUT2D eigenvalue weighted by molar-refractivity contribution is 14.1.